The summed E-state index contributed by atoms with van der Waals surface area (Å²) in [5.74, 6) is 0.182. The lowest BCUT2D eigenvalue weighted by Crippen LogP contribution is -2.31. The zero-order chi connectivity index (χ0) is 30.2. The third-order valence-corrected chi connectivity index (χ3v) is 9.93. The van der Waals surface area contributed by atoms with Crippen LogP contribution >= 0.6 is 0 Å². The molecule has 4 aliphatic carbocycles. The zero-order valence-electron chi connectivity index (χ0n) is 25.1. The number of aliphatic imine (C=N–C) groups is 1. The molecule has 0 spiro atoms. The molecule has 0 N–H and O–H groups in total. The minimum atomic E-state index is 0.0716. The Morgan fingerprint density at radius 3 is 2.11 bits per heavy atom. The Hall–Kier alpha value is -5.93. The Kier molecular flexibility index (Phi) is 5.40. The lowest BCUT2D eigenvalue weighted by molar-refractivity contribution is 0.774. The minimum absolute atomic E-state index is 0.0716. The van der Waals surface area contributed by atoms with Crippen LogP contribution in [0, 0.1) is 5.92 Å². The Labute approximate surface area is 267 Å². The topological polar surface area (TPSA) is 20.5 Å². The molecule has 2 heterocycles. The second-order valence-corrected chi connectivity index (χ2v) is 12.4. The van der Waals surface area contributed by atoms with Gasteiger partial charge in [0, 0.05) is 40.0 Å². The van der Waals surface area contributed by atoms with E-state index in [-0.39, 0.29) is 12.0 Å². The van der Waals surface area contributed by atoms with Crippen LogP contribution in [0.5, 0.6) is 0 Å². The van der Waals surface area contributed by atoms with Gasteiger partial charge in [-0.25, -0.2) is 0 Å². The van der Waals surface area contributed by atoms with E-state index < -0.39 is 0 Å². The molecule has 0 bridgehead atoms. The fourth-order valence-electron chi connectivity index (χ4n) is 7.95. The highest BCUT2D eigenvalue weighted by Gasteiger charge is 2.39. The molecular formula is C43H29N3. The molecule has 3 nitrogen and oxygen atoms in total. The molecule has 4 aromatic carbocycles. The van der Waals surface area contributed by atoms with E-state index in [1.54, 1.807) is 0 Å². The van der Waals surface area contributed by atoms with Crippen molar-refractivity contribution in [2.24, 2.45) is 10.9 Å². The molecule has 46 heavy (non-hydrogen) atoms. The molecule has 0 radical (unpaired) electrons. The van der Waals surface area contributed by atoms with Gasteiger partial charge in [0.25, 0.3) is 0 Å². The van der Waals surface area contributed by atoms with Crippen molar-refractivity contribution >= 4 is 39.4 Å². The summed E-state index contributed by atoms with van der Waals surface area (Å²) in [4.78, 5) is 7.31. The van der Waals surface area contributed by atoms with E-state index in [1.165, 1.54) is 60.9 Å². The molecule has 10 rings (SSSR count). The molecule has 0 fully saturated rings. The van der Waals surface area contributed by atoms with E-state index in [0.29, 0.717) is 0 Å². The van der Waals surface area contributed by atoms with Crippen LogP contribution in [0.15, 0.2) is 202 Å². The quantitative estimate of drug-likeness (QED) is 0.205. The van der Waals surface area contributed by atoms with Gasteiger partial charge >= 0.3 is 0 Å². The van der Waals surface area contributed by atoms with Crippen molar-refractivity contribution in [1.29, 1.82) is 0 Å². The third-order valence-electron chi connectivity index (χ3n) is 9.93. The molecule has 2 unspecified atom stereocenters. The lowest BCUT2D eigenvalue weighted by atomic mass is 9.66. The first-order valence-corrected chi connectivity index (χ1v) is 16.0. The van der Waals surface area contributed by atoms with Gasteiger partial charge in [-0.2, -0.15) is 0 Å². The van der Waals surface area contributed by atoms with Crippen LogP contribution in [0.25, 0.3) is 27.5 Å². The summed E-state index contributed by atoms with van der Waals surface area (Å²) in [5, 5.41) is 2.55. The van der Waals surface area contributed by atoms with E-state index in [2.05, 4.69) is 161 Å². The highest BCUT2D eigenvalue weighted by Crippen LogP contribution is 2.51. The van der Waals surface area contributed by atoms with Crippen molar-refractivity contribution in [2.45, 2.75) is 6.04 Å². The lowest BCUT2D eigenvalue weighted by Gasteiger charge is -2.41. The second kappa shape index (κ2) is 9.79. The predicted molar refractivity (Wildman–Crippen MR) is 191 cm³/mol. The third kappa shape index (κ3) is 3.63. The summed E-state index contributed by atoms with van der Waals surface area (Å²) in [7, 11) is 0. The Bertz CT molecular complexity index is 2350. The zero-order valence-corrected chi connectivity index (χ0v) is 25.1. The second-order valence-electron chi connectivity index (χ2n) is 12.4. The van der Waals surface area contributed by atoms with Crippen LogP contribution in [0.2, 0.25) is 0 Å². The van der Waals surface area contributed by atoms with Gasteiger partial charge in [0.05, 0.1) is 16.7 Å². The molecule has 216 valence electrons. The van der Waals surface area contributed by atoms with Gasteiger partial charge in [-0.05, 0) is 100 Å². The summed E-state index contributed by atoms with van der Waals surface area (Å²) in [6.45, 7) is 0. The number of allylic oxidation sites excluding steroid dienone is 11. The highest BCUT2D eigenvalue weighted by atomic mass is 15.2. The monoisotopic (exact) mass is 587 g/mol. The number of dihydropyridines is 1. The molecule has 3 heteroatoms. The summed E-state index contributed by atoms with van der Waals surface area (Å²) in [5.41, 5.74) is 15.0. The van der Waals surface area contributed by atoms with Crippen molar-refractivity contribution in [3.05, 3.63) is 197 Å². The molecule has 0 amide bonds. The maximum absolute atomic E-state index is 4.89. The number of nitrogens with zero attached hydrogens (tertiary/aromatic N) is 3. The fraction of sp³-hybridized carbons (Fsp3) is 0.0465. The van der Waals surface area contributed by atoms with Crippen LogP contribution in [0.1, 0.15) is 0 Å². The minimum Gasteiger partial charge on any atom is -0.310 e. The average Bonchev–Trinajstić information content (AvgIpc) is 3.46. The van der Waals surface area contributed by atoms with Gasteiger partial charge in [-0.3, -0.25) is 4.99 Å². The Morgan fingerprint density at radius 2 is 1.33 bits per heavy atom. The first-order chi connectivity index (χ1) is 22.8. The van der Waals surface area contributed by atoms with Crippen LogP contribution in [-0.4, -0.2) is 16.8 Å². The number of hydrogen-bond donors (Lipinski definition) is 0. The SMILES string of the molecule is C1=CC2=CC3=C4C(=CC=C5C=CC(N(c6ccccc6)c6ccc(-n7c8ccccc8c8ccccc87)cc6)=C(C=C3)C54)C2N=C1. The number of rotatable bonds is 4. The fourth-order valence-corrected chi connectivity index (χ4v) is 7.95. The Balaban J connectivity index is 1.12. The van der Waals surface area contributed by atoms with Crippen molar-refractivity contribution in [1.82, 2.24) is 4.57 Å². The molecule has 0 saturated carbocycles. The molecule has 1 aromatic heterocycles. The van der Waals surface area contributed by atoms with Crippen LogP contribution in [0.3, 0.4) is 0 Å². The maximum Gasteiger partial charge on any atom is 0.100 e. The number of fused-ring (bicyclic) bond motifs is 5. The van der Waals surface area contributed by atoms with Crippen LogP contribution in [-0.2, 0) is 0 Å². The van der Waals surface area contributed by atoms with Crippen molar-refractivity contribution < 1.29 is 0 Å². The van der Waals surface area contributed by atoms with Crippen molar-refractivity contribution in [2.75, 3.05) is 4.90 Å². The van der Waals surface area contributed by atoms with Gasteiger partial charge in [0.2, 0.25) is 0 Å². The van der Waals surface area contributed by atoms with Crippen LogP contribution < -0.4 is 4.90 Å². The Morgan fingerprint density at radius 1 is 0.609 bits per heavy atom. The van der Waals surface area contributed by atoms with Gasteiger partial charge in [0.15, 0.2) is 0 Å². The molecule has 5 aliphatic rings. The highest BCUT2D eigenvalue weighted by molar-refractivity contribution is 6.09. The van der Waals surface area contributed by atoms with E-state index in [9.17, 15) is 0 Å². The first-order valence-electron chi connectivity index (χ1n) is 16.0. The normalized spacial score (nSPS) is 20.5. The summed E-state index contributed by atoms with van der Waals surface area (Å²) >= 11 is 0. The molecule has 2 atom stereocenters. The van der Waals surface area contributed by atoms with E-state index in [4.69, 9.17) is 4.99 Å². The largest absolute Gasteiger partial charge is 0.310 e. The summed E-state index contributed by atoms with van der Waals surface area (Å²) in [6.07, 6.45) is 22.4. The van der Waals surface area contributed by atoms with E-state index >= 15 is 0 Å². The number of anilines is 2. The number of hydrogen-bond acceptors (Lipinski definition) is 2. The molecule has 1 aliphatic heterocycles. The molecule has 0 saturated heterocycles. The number of para-hydroxylation sites is 3. The van der Waals surface area contributed by atoms with Crippen LogP contribution in [0.4, 0.5) is 11.4 Å². The molecular weight excluding hydrogens is 558 g/mol. The standard InChI is InChI=1S/C43H29N3/c1-2-10-31(11-3-1)45(32-19-21-33(22-20-32)46-38-14-6-4-12-34(38)35-13-5-7-15-39(35)46)40-25-18-28-16-24-37-42-29(17-23-36(40)41(28)42)27-30-9-8-26-44-43(30)37/h1-27,41,43H. The van der Waals surface area contributed by atoms with Gasteiger partial charge in [0.1, 0.15) is 6.04 Å². The predicted octanol–water partition coefficient (Wildman–Crippen LogP) is 10.0. The van der Waals surface area contributed by atoms with Gasteiger partial charge in [-0.15, -0.1) is 0 Å². The van der Waals surface area contributed by atoms with E-state index in [0.717, 1.165) is 17.1 Å². The van der Waals surface area contributed by atoms with E-state index in [1.807, 2.05) is 12.3 Å². The smallest absolute Gasteiger partial charge is 0.100 e. The number of aromatic nitrogens is 1. The van der Waals surface area contributed by atoms with Gasteiger partial charge < -0.3 is 9.47 Å². The van der Waals surface area contributed by atoms with Crippen molar-refractivity contribution in [3.8, 4) is 5.69 Å². The van der Waals surface area contributed by atoms with Crippen molar-refractivity contribution in [3.63, 3.8) is 0 Å². The number of benzene rings is 4. The molecule has 5 aromatic rings. The summed E-state index contributed by atoms with van der Waals surface area (Å²) in [6, 6.07) is 37.2. The average molecular weight is 588 g/mol. The summed E-state index contributed by atoms with van der Waals surface area (Å²) < 4.78 is 2.38. The first kappa shape index (κ1) is 25.4. The maximum atomic E-state index is 4.89. The van der Waals surface area contributed by atoms with Gasteiger partial charge in [-0.1, -0.05) is 91.1 Å².